The van der Waals surface area contributed by atoms with Crippen molar-refractivity contribution in [3.05, 3.63) is 36.0 Å². The fourth-order valence-electron chi connectivity index (χ4n) is 2.52. The molecule has 6 heteroatoms. The predicted octanol–water partition coefficient (Wildman–Crippen LogP) is 4.46. The number of fused-ring (bicyclic) bond motifs is 1. The first kappa shape index (κ1) is 16.1. The molecule has 0 aliphatic rings. The number of unbranched alkanes of at least 4 members (excludes halogenated alkanes) is 2. The van der Waals surface area contributed by atoms with Crippen molar-refractivity contribution in [2.24, 2.45) is 0 Å². The fraction of sp³-hybridized carbons (Fsp3) is 0.471. The smallest absolute Gasteiger partial charge is 0.226 e. The summed E-state index contributed by atoms with van der Waals surface area (Å²) < 4.78 is 7.90. The summed E-state index contributed by atoms with van der Waals surface area (Å²) in [6.07, 6.45) is 4.40. The zero-order valence-electron chi connectivity index (χ0n) is 13.7. The van der Waals surface area contributed by atoms with Gasteiger partial charge in [-0.3, -0.25) is 0 Å². The van der Waals surface area contributed by atoms with Crippen LogP contribution in [0.15, 0.2) is 33.8 Å². The van der Waals surface area contributed by atoms with Crippen LogP contribution in [-0.2, 0) is 18.7 Å². The van der Waals surface area contributed by atoms with Gasteiger partial charge in [-0.1, -0.05) is 50.6 Å². The van der Waals surface area contributed by atoms with E-state index in [4.69, 9.17) is 9.40 Å². The van der Waals surface area contributed by atoms with Crippen molar-refractivity contribution in [1.82, 2.24) is 19.7 Å². The van der Waals surface area contributed by atoms with Crippen molar-refractivity contribution in [1.29, 1.82) is 0 Å². The van der Waals surface area contributed by atoms with Crippen molar-refractivity contribution in [3.63, 3.8) is 0 Å². The van der Waals surface area contributed by atoms with Gasteiger partial charge < -0.3 is 8.98 Å². The number of aromatic nitrogens is 4. The van der Waals surface area contributed by atoms with Crippen LogP contribution in [0, 0.1) is 0 Å². The standard InChI is InChI=1S/C17H22N4OS/c1-3-5-8-11-21-14-10-7-6-9-13(14)18-17(21)23-12-16-20-19-15(4-2)22-16/h6-7,9-10H,3-5,8,11-12H2,1-2H3. The monoisotopic (exact) mass is 330 g/mol. The summed E-state index contributed by atoms with van der Waals surface area (Å²) in [4.78, 5) is 4.77. The van der Waals surface area contributed by atoms with E-state index in [1.54, 1.807) is 11.8 Å². The second-order valence-corrected chi connectivity index (χ2v) is 6.42. The van der Waals surface area contributed by atoms with E-state index < -0.39 is 0 Å². The maximum Gasteiger partial charge on any atom is 0.226 e. The van der Waals surface area contributed by atoms with Crippen LogP contribution in [0.25, 0.3) is 11.0 Å². The summed E-state index contributed by atoms with van der Waals surface area (Å²) in [5.41, 5.74) is 2.25. The lowest BCUT2D eigenvalue weighted by Crippen LogP contribution is -2.00. The Kier molecular flexibility index (Phi) is 5.33. The Bertz CT molecular complexity index is 765. The molecule has 0 saturated carbocycles. The summed E-state index contributed by atoms with van der Waals surface area (Å²) >= 11 is 1.66. The number of para-hydroxylation sites is 2. The molecule has 122 valence electrons. The molecule has 0 unspecified atom stereocenters. The molecule has 1 aromatic carbocycles. The van der Waals surface area contributed by atoms with Gasteiger partial charge in [0.25, 0.3) is 0 Å². The molecule has 0 bridgehead atoms. The maximum atomic E-state index is 5.59. The molecular weight excluding hydrogens is 308 g/mol. The summed E-state index contributed by atoms with van der Waals surface area (Å²) in [5.74, 6) is 2.01. The molecule has 0 spiro atoms. The molecule has 0 fully saturated rings. The third kappa shape index (κ3) is 3.75. The number of imidazole rings is 1. The average Bonchev–Trinajstić information content (AvgIpc) is 3.17. The second-order valence-electron chi connectivity index (χ2n) is 5.47. The molecule has 2 aromatic heterocycles. The van der Waals surface area contributed by atoms with Crippen LogP contribution in [0.5, 0.6) is 0 Å². The first-order valence-electron chi connectivity index (χ1n) is 8.21. The summed E-state index contributed by atoms with van der Waals surface area (Å²) in [7, 11) is 0. The van der Waals surface area contributed by atoms with Gasteiger partial charge in [0.1, 0.15) is 0 Å². The van der Waals surface area contributed by atoms with Crippen LogP contribution in [0.1, 0.15) is 44.9 Å². The molecule has 0 amide bonds. The second kappa shape index (κ2) is 7.64. The van der Waals surface area contributed by atoms with Crippen molar-refractivity contribution >= 4 is 22.8 Å². The van der Waals surface area contributed by atoms with Crippen LogP contribution in [0.3, 0.4) is 0 Å². The molecule has 23 heavy (non-hydrogen) atoms. The highest BCUT2D eigenvalue weighted by atomic mass is 32.2. The van der Waals surface area contributed by atoms with E-state index in [1.165, 1.54) is 24.8 Å². The number of hydrogen-bond donors (Lipinski definition) is 0. The highest BCUT2D eigenvalue weighted by Crippen LogP contribution is 2.27. The van der Waals surface area contributed by atoms with Crippen molar-refractivity contribution in [2.45, 2.75) is 57.0 Å². The quantitative estimate of drug-likeness (QED) is 0.451. The molecule has 2 heterocycles. The predicted molar refractivity (Wildman–Crippen MR) is 92.5 cm³/mol. The topological polar surface area (TPSA) is 56.7 Å². The third-order valence-electron chi connectivity index (χ3n) is 3.74. The molecule has 5 nitrogen and oxygen atoms in total. The number of thioether (sulfide) groups is 1. The lowest BCUT2D eigenvalue weighted by atomic mass is 10.2. The number of benzene rings is 1. The molecule has 0 N–H and O–H groups in total. The van der Waals surface area contributed by atoms with E-state index in [9.17, 15) is 0 Å². The van der Waals surface area contributed by atoms with Gasteiger partial charge in [0, 0.05) is 13.0 Å². The van der Waals surface area contributed by atoms with Crippen LogP contribution in [0.2, 0.25) is 0 Å². The molecule has 0 radical (unpaired) electrons. The van der Waals surface area contributed by atoms with Gasteiger partial charge in [-0.2, -0.15) is 0 Å². The zero-order chi connectivity index (χ0) is 16.1. The Hall–Kier alpha value is -1.82. The molecule has 0 aliphatic carbocycles. The first-order valence-corrected chi connectivity index (χ1v) is 9.19. The van der Waals surface area contributed by atoms with Gasteiger partial charge in [0.05, 0.1) is 16.8 Å². The minimum Gasteiger partial charge on any atom is -0.424 e. The highest BCUT2D eigenvalue weighted by molar-refractivity contribution is 7.98. The van der Waals surface area contributed by atoms with E-state index in [2.05, 4.69) is 39.9 Å². The molecule has 0 atom stereocenters. The van der Waals surface area contributed by atoms with Crippen molar-refractivity contribution in [2.75, 3.05) is 0 Å². The zero-order valence-corrected chi connectivity index (χ0v) is 14.5. The lowest BCUT2D eigenvalue weighted by molar-refractivity contribution is 0.469. The van der Waals surface area contributed by atoms with Crippen molar-refractivity contribution in [3.8, 4) is 0 Å². The van der Waals surface area contributed by atoms with E-state index in [0.29, 0.717) is 17.5 Å². The first-order chi connectivity index (χ1) is 11.3. The summed E-state index contributed by atoms with van der Waals surface area (Å²) in [6, 6.07) is 8.31. The van der Waals surface area contributed by atoms with E-state index in [-0.39, 0.29) is 0 Å². The SMILES string of the molecule is CCCCCn1c(SCc2nnc(CC)o2)nc2ccccc21. The third-order valence-corrected chi connectivity index (χ3v) is 4.70. The molecule has 0 aliphatic heterocycles. The molecule has 0 saturated heterocycles. The Morgan fingerprint density at radius 2 is 1.91 bits per heavy atom. The number of hydrogen-bond acceptors (Lipinski definition) is 5. The Labute approximate surface area is 140 Å². The number of rotatable bonds is 8. The van der Waals surface area contributed by atoms with Gasteiger partial charge in [0.15, 0.2) is 5.16 Å². The van der Waals surface area contributed by atoms with Gasteiger partial charge >= 0.3 is 0 Å². The van der Waals surface area contributed by atoms with Crippen LogP contribution < -0.4 is 0 Å². The highest BCUT2D eigenvalue weighted by Gasteiger charge is 2.13. The lowest BCUT2D eigenvalue weighted by Gasteiger charge is -2.07. The van der Waals surface area contributed by atoms with E-state index >= 15 is 0 Å². The van der Waals surface area contributed by atoms with E-state index in [0.717, 1.165) is 23.6 Å². The van der Waals surface area contributed by atoms with E-state index in [1.807, 2.05) is 13.0 Å². The van der Waals surface area contributed by atoms with Gasteiger partial charge in [-0.05, 0) is 18.6 Å². The van der Waals surface area contributed by atoms with Crippen molar-refractivity contribution < 1.29 is 4.42 Å². The Balaban J connectivity index is 1.79. The Morgan fingerprint density at radius 1 is 1.09 bits per heavy atom. The molecular formula is C17H22N4OS. The minimum absolute atomic E-state index is 0.657. The number of aryl methyl sites for hydroxylation is 2. The van der Waals surface area contributed by atoms with Crippen LogP contribution in [0.4, 0.5) is 0 Å². The van der Waals surface area contributed by atoms with Gasteiger partial charge in [-0.15, -0.1) is 10.2 Å². The maximum absolute atomic E-state index is 5.59. The van der Waals surface area contributed by atoms with Crippen LogP contribution in [-0.4, -0.2) is 19.7 Å². The summed E-state index contributed by atoms with van der Waals surface area (Å²) in [5, 5.41) is 9.13. The summed E-state index contributed by atoms with van der Waals surface area (Å²) in [6.45, 7) is 5.24. The van der Waals surface area contributed by atoms with Gasteiger partial charge in [-0.25, -0.2) is 4.98 Å². The minimum atomic E-state index is 0.657. The molecule has 3 rings (SSSR count). The number of nitrogens with zero attached hydrogens (tertiary/aromatic N) is 4. The fourth-order valence-corrected chi connectivity index (χ4v) is 3.39. The average molecular weight is 330 g/mol. The van der Waals surface area contributed by atoms with Crippen LogP contribution >= 0.6 is 11.8 Å². The largest absolute Gasteiger partial charge is 0.424 e. The van der Waals surface area contributed by atoms with Gasteiger partial charge in [0.2, 0.25) is 11.8 Å². The molecule has 3 aromatic rings. The normalized spacial score (nSPS) is 11.4. The Morgan fingerprint density at radius 3 is 2.70 bits per heavy atom.